The van der Waals surface area contributed by atoms with E-state index in [0.717, 1.165) is 6.07 Å². The summed E-state index contributed by atoms with van der Waals surface area (Å²) in [6, 6.07) is 3.84. The second-order valence-corrected chi connectivity index (χ2v) is 6.45. The van der Waals surface area contributed by atoms with E-state index in [1.54, 1.807) is 31.7 Å². The van der Waals surface area contributed by atoms with Crippen LogP contribution in [0.15, 0.2) is 18.2 Å². The molecule has 1 fully saturated rings. The summed E-state index contributed by atoms with van der Waals surface area (Å²) in [5.74, 6) is -1.72. The second kappa shape index (κ2) is 6.60. The van der Waals surface area contributed by atoms with Crippen LogP contribution in [0, 0.1) is 11.6 Å². The van der Waals surface area contributed by atoms with Crippen LogP contribution in [0.25, 0.3) is 0 Å². The van der Waals surface area contributed by atoms with Crippen molar-refractivity contribution in [3.05, 3.63) is 35.4 Å². The fraction of sp³-hybridized carbons (Fsp3) is 0.562. The van der Waals surface area contributed by atoms with E-state index in [9.17, 15) is 13.6 Å². The molecule has 0 aliphatic carbocycles. The van der Waals surface area contributed by atoms with Crippen LogP contribution < -0.4 is 5.32 Å². The number of benzene rings is 1. The number of halogens is 2. The van der Waals surface area contributed by atoms with Gasteiger partial charge in [0.1, 0.15) is 5.60 Å². The van der Waals surface area contributed by atoms with Gasteiger partial charge in [-0.05, 0) is 38.8 Å². The van der Waals surface area contributed by atoms with Crippen LogP contribution >= 0.6 is 0 Å². The molecule has 1 aromatic carbocycles. The van der Waals surface area contributed by atoms with Crippen molar-refractivity contribution >= 4 is 6.09 Å². The number of nitrogens with one attached hydrogen (secondary N) is 1. The normalized spacial score (nSPS) is 19.1. The SMILES string of the molecule is CC(C)(C)OC(=O)N1CCNC[C@@H]1Cc1cccc(F)c1F. The molecule has 1 aromatic rings. The Labute approximate surface area is 129 Å². The number of piperazine rings is 1. The van der Waals surface area contributed by atoms with Gasteiger partial charge in [0.25, 0.3) is 0 Å². The van der Waals surface area contributed by atoms with Gasteiger partial charge in [0.05, 0.1) is 6.04 Å². The maximum Gasteiger partial charge on any atom is 0.410 e. The molecule has 4 nitrogen and oxygen atoms in total. The third-order valence-electron chi connectivity index (χ3n) is 3.47. The summed E-state index contributed by atoms with van der Waals surface area (Å²) in [5, 5.41) is 3.17. The molecule has 1 aliphatic rings. The molecule has 1 N–H and O–H groups in total. The molecule has 22 heavy (non-hydrogen) atoms. The standard InChI is InChI=1S/C16H22F2N2O2/c1-16(2,3)22-15(21)20-8-7-19-10-12(20)9-11-5-4-6-13(17)14(11)18/h4-6,12,19H,7-10H2,1-3H3/t12-/m0/s1. The highest BCUT2D eigenvalue weighted by Gasteiger charge is 2.31. The van der Waals surface area contributed by atoms with Crippen LogP contribution in [-0.4, -0.2) is 42.3 Å². The Hall–Kier alpha value is -1.69. The Kier molecular flexibility index (Phi) is 5.01. The fourth-order valence-corrected chi connectivity index (χ4v) is 2.46. The molecule has 0 unspecified atom stereocenters. The molecule has 1 saturated heterocycles. The van der Waals surface area contributed by atoms with Crippen molar-refractivity contribution in [1.29, 1.82) is 0 Å². The summed E-state index contributed by atoms with van der Waals surface area (Å²) in [6.45, 7) is 7.06. The Morgan fingerprint density at radius 1 is 1.41 bits per heavy atom. The van der Waals surface area contributed by atoms with E-state index in [4.69, 9.17) is 4.74 Å². The maximum atomic E-state index is 13.8. The Morgan fingerprint density at radius 3 is 2.82 bits per heavy atom. The summed E-state index contributed by atoms with van der Waals surface area (Å²) in [5.41, 5.74) is -0.321. The number of rotatable bonds is 2. The van der Waals surface area contributed by atoms with Gasteiger partial charge in [-0.1, -0.05) is 12.1 Å². The Balaban J connectivity index is 2.13. The van der Waals surface area contributed by atoms with E-state index in [1.165, 1.54) is 6.07 Å². The van der Waals surface area contributed by atoms with Gasteiger partial charge < -0.3 is 15.0 Å². The fourth-order valence-electron chi connectivity index (χ4n) is 2.46. The number of nitrogens with zero attached hydrogens (tertiary/aromatic N) is 1. The van der Waals surface area contributed by atoms with E-state index in [2.05, 4.69) is 5.32 Å². The Morgan fingerprint density at radius 2 is 2.14 bits per heavy atom. The maximum absolute atomic E-state index is 13.8. The van der Waals surface area contributed by atoms with Gasteiger partial charge in [-0.15, -0.1) is 0 Å². The zero-order valence-corrected chi connectivity index (χ0v) is 13.2. The van der Waals surface area contributed by atoms with Gasteiger partial charge in [0.15, 0.2) is 11.6 Å². The zero-order valence-electron chi connectivity index (χ0n) is 13.2. The van der Waals surface area contributed by atoms with Crippen LogP contribution in [0.4, 0.5) is 13.6 Å². The van der Waals surface area contributed by atoms with Crippen LogP contribution in [0.1, 0.15) is 26.3 Å². The minimum atomic E-state index is -0.870. The van der Waals surface area contributed by atoms with E-state index >= 15 is 0 Å². The predicted octanol–water partition coefficient (Wildman–Crippen LogP) is 2.72. The number of amides is 1. The number of hydrogen-bond donors (Lipinski definition) is 1. The highest BCUT2D eigenvalue weighted by atomic mass is 19.2. The van der Waals surface area contributed by atoms with Crippen molar-refractivity contribution in [3.8, 4) is 0 Å². The largest absolute Gasteiger partial charge is 0.444 e. The molecule has 1 amide bonds. The number of ether oxygens (including phenoxy) is 1. The lowest BCUT2D eigenvalue weighted by Gasteiger charge is -2.37. The average Bonchev–Trinajstić information content (AvgIpc) is 2.42. The summed E-state index contributed by atoms with van der Waals surface area (Å²) < 4.78 is 32.5. The molecule has 1 heterocycles. The third kappa shape index (κ3) is 4.16. The summed E-state index contributed by atoms with van der Waals surface area (Å²) >= 11 is 0. The minimum Gasteiger partial charge on any atom is -0.444 e. The first-order chi connectivity index (χ1) is 10.3. The van der Waals surface area contributed by atoms with Crippen LogP contribution in [-0.2, 0) is 11.2 Å². The predicted molar refractivity (Wildman–Crippen MR) is 79.7 cm³/mol. The summed E-state index contributed by atoms with van der Waals surface area (Å²) in [6.07, 6.45) is -0.175. The molecule has 0 aromatic heterocycles. The molecular weight excluding hydrogens is 290 g/mol. The molecule has 0 radical (unpaired) electrons. The first-order valence-corrected chi connectivity index (χ1v) is 7.41. The van der Waals surface area contributed by atoms with Gasteiger partial charge in [-0.2, -0.15) is 0 Å². The quantitative estimate of drug-likeness (QED) is 0.913. The number of carbonyl (C=O) groups is 1. The molecule has 6 heteroatoms. The summed E-state index contributed by atoms with van der Waals surface area (Å²) in [7, 11) is 0. The average molecular weight is 312 g/mol. The number of carbonyl (C=O) groups excluding carboxylic acids is 1. The highest BCUT2D eigenvalue weighted by Crippen LogP contribution is 2.19. The molecule has 122 valence electrons. The lowest BCUT2D eigenvalue weighted by molar-refractivity contribution is 0.0121. The molecule has 0 saturated carbocycles. The van der Waals surface area contributed by atoms with E-state index in [1.807, 2.05) is 0 Å². The van der Waals surface area contributed by atoms with Crippen molar-refractivity contribution in [2.75, 3.05) is 19.6 Å². The molecule has 0 spiro atoms. The van der Waals surface area contributed by atoms with Crippen LogP contribution in [0.3, 0.4) is 0 Å². The van der Waals surface area contributed by atoms with Crippen LogP contribution in [0.2, 0.25) is 0 Å². The van der Waals surface area contributed by atoms with Crippen molar-refractivity contribution in [1.82, 2.24) is 10.2 Å². The molecule has 1 atom stereocenters. The first-order valence-electron chi connectivity index (χ1n) is 7.41. The summed E-state index contributed by atoms with van der Waals surface area (Å²) in [4.78, 5) is 13.9. The smallest absolute Gasteiger partial charge is 0.410 e. The van der Waals surface area contributed by atoms with Crippen molar-refractivity contribution in [2.24, 2.45) is 0 Å². The molecule has 0 bridgehead atoms. The van der Waals surface area contributed by atoms with Crippen LogP contribution in [0.5, 0.6) is 0 Å². The van der Waals surface area contributed by atoms with E-state index in [-0.39, 0.29) is 18.0 Å². The monoisotopic (exact) mass is 312 g/mol. The van der Waals surface area contributed by atoms with E-state index in [0.29, 0.717) is 19.6 Å². The second-order valence-electron chi connectivity index (χ2n) is 6.45. The van der Waals surface area contributed by atoms with Crippen molar-refractivity contribution in [3.63, 3.8) is 0 Å². The topological polar surface area (TPSA) is 41.6 Å². The van der Waals surface area contributed by atoms with Gasteiger partial charge in [0, 0.05) is 19.6 Å². The minimum absolute atomic E-state index is 0.246. The van der Waals surface area contributed by atoms with Crippen molar-refractivity contribution in [2.45, 2.75) is 38.8 Å². The Bertz CT molecular complexity index is 543. The molecule has 2 rings (SSSR count). The third-order valence-corrected chi connectivity index (χ3v) is 3.47. The first kappa shape index (κ1) is 16.7. The van der Waals surface area contributed by atoms with E-state index < -0.39 is 23.3 Å². The van der Waals surface area contributed by atoms with Gasteiger partial charge in [-0.3, -0.25) is 0 Å². The van der Waals surface area contributed by atoms with Crippen molar-refractivity contribution < 1.29 is 18.3 Å². The lowest BCUT2D eigenvalue weighted by Crippen LogP contribution is -2.55. The van der Waals surface area contributed by atoms with Gasteiger partial charge >= 0.3 is 6.09 Å². The molecular formula is C16H22F2N2O2. The zero-order chi connectivity index (χ0) is 16.3. The van der Waals surface area contributed by atoms with Gasteiger partial charge in [0.2, 0.25) is 0 Å². The number of hydrogen-bond acceptors (Lipinski definition) is 3. The molecule has 1 aliphatic heterocycles. The van der Waals surface area contributed by atoms with Gasteiger partial charge in [-0.25, -0.2) is 13.6 Å². The lowest BCUT2D eigenvalue weighted by atomic mass is 10.0. The highest BCUT2D eigenvalue weighted by molar-refractivity contribution is 5.68.